The minimum Gasteiger partial charge on any atom is -0.397 e. The van der Waals surface area contributed by atoms with Gasteiger partial charge in [-0.15, -0.1) is 0 Å². The zero-order chi connectivity index (χ0) is 11.0. The average Bonchev–Trinajstić information content (AvgIpc) is 2.75. The first-order chi connectivity index (χ1) is 7.83. The number of H-pyrrole nitrogens is 1. The van der Waals surface area contributed by atoms with Gasteiger partial charge in [-0.3, -0.25) is 10.1 Å². The molecule has 0 spiro atoms. The Balaban J connectivity index is 2.18. The molecule has 2 aromatic heterocycles. The van der Waals surface area contributed by atoms with Gasteiger partial charge in [0.1, 0.15) is 0 Å². The number of nitrogens with zero attached hydrogens (tertiary/aromatic N) is 2. The molecule has 0 atom stereocenters. The summed E-state index contributed by atoms with van der Waals surface area (Å²) in [7, 11) is 0. The molecule has 0 saturated carbocycles. The number of hydrogen-bond donors (Lipinski definition) is 2. The number of anilines is 1. The monoisotopic (exact) mass is 210 g/mol. The van der Waals surface area contributed by atoms with E-state index in [4.69, 9.17) is 5.73 Å². The number of fused-ring (bicyclic) bond motifs is 1. The lowest BCUT2D eigenvalue weighted by atomic mass is 10.1. The molecule has 0 unspecified atom stereocenters. The van der Waals surface area contributed by atoms with Crippen LogP contribution in [0.15, 0.2) is 42.9 Å². The van der Waals surface area contributed by atoms with E-state index in [0.717, 1.165) is 22.0 Å². The fourth-order valence-electron chi connectivity index (χ4n) is 1.73. The Morgan fingerprint density at radius 3 is 2.81 bits per heavy atom. The Kier molecular flexibility index (Phi) is 1.86. The molecule has 0 aliphatic heterocycles. The minimum absolute atomic E-state index is 0.669. The van der Waals surface area contributed by atoms with E-state index < -0.39 is 0 Å². The number of hydrogen-bond acceptors (Lipinski definition) is 3. The molecule has 0 aliphatic carbocycles. The molecule has 0 radical (unpaired) electrons. The van der Waals surface area contributed by atoms with Crippen molar-refractivity contribution >= 4 is 16.6 Å². The summed E-state index contributed by atoms with van der Waals surface area (Å²) in [4.78, 5) is 4.08. The van der Waals surface area contributed by atoms with E-state index >= 15 is 0 Å². The second-order valence-electron chi connectivity index (χ2n) is 3.68. The van der Waals surface area contributed by atoms with E-state index in [1.807, 2.05) is 24.3 Å². The van der Waals surface area contributed by atoms with E-state index in [9.17, 15) is 0 Å². The van der Waals surface area contributed by atoms with Crippen molar-refractivity contribution in [3.8, 4) is 11.1 Å². The molecule has 1 aromatic carbocycles. The van der Waals surface area contributed by atoms with Gasteiger partial charge in [0.15, 0.2) is 0 Å². The van der Waals surface area contributed by atoms with Gasteiger partial charge in [0.05, 0.1) is 17.4 Å². The molecule has 0 saturated heterocycles. The lowest BCUT2D eigenvalue weighted by molar-refractivity contribution is 1.12. The molecule has 3 N–H and O–H groups in total. The number of nitrogens with two attached hydrogens (primary N) is 1. The van der Waals surface area contributed by atoms with Gasteiger partial charge in [-0.2, -0.15) is 5.10 Å². The molecule has 78 valence electrons. The molecule has 3 rings (SSSR count). The van der Waals surface area contributed by atoms with Crippen molar-refractivity contribution in [2.45, 2.75) is 0 Å². The summed E-state index contributed by atoms with van der Waals surface area (Å²) in [5.74, 6) is 0. The van der Waals surface area contributed by atoms with Crippen LogP contribution >= 0.6 is 0 Å². The minimum atomic E-state index is 0.669. The van der Waals surface area contributed by atoms with Crippen molar-refractivity contribution in [3.05, 3.63) is 42.9 Å². The fraction of sp³-hybridized carbons (Fsp3) is 0. The summed E-state index contributed by atoms with van der Waals surface area (Å²) >= 11 is 0. The molecule has 0 bridgehead atoms. The maximum atomic E-state index is 5.71. The number of rotatable bonds is 1. The first-order valence-corrected chi connectivity index (χ1v) is 4.97. The third-order valence-corrected chi connectivity index (χ3v) is 2.53. The predicted molar refractivity (Wildman–Crippen MR) is 63.7 cm³/mol. The van der Waals surface area contributed by atoms with Crippen LogP contribution < -0.4 is 5.73 Å². The number of nitrogens with one attached hydrogen (secondary N) is 1. The number of aromatic amines is 1. The van der Waals surface area contributed by atoms with Gasteiger partial charge >= 0.3 is 0 Å². The number of benzene rings is 1. The molecule has 16 heavy (non-hydrogen) atoms. The van der Waals surface area contributed by atoms with Crippen LogP contribution in [-0.4, -0.2) is 15.2 Å². The van der Waals surface area contributed by atoms with E-state index in [2.05, 4.69) is 15.2 Å². The van der Waals surface area contributed by atoms with Crippen LogP contribution in [0, 0.1) is 0 Å². The maximum absolute atomic E-state index is 5.71. The van der Waals surface area contributed by atoms with Gasteiger partial charge in [0.25, 0.3) is 0 Å². The topological polar surface area (TPSA) is 67.6 Å². The van der Waals surface area contributed by atoms with Crippen LogP contribution in [0.25, 0.3) is 22.0 Å². The lowest BCUT2D eigenvalue weighted by Gasteiger charge is -2.02. The highest BCUT2D eigenvalue weighted by atomic mass is 15.1. The van der Waals surface area contributed by atoms with Crippen LogP contribution in [0.2, 0.25) is 0 Å². The fourth-order valence-corrected chi connectivity index (χ4v) is 1.73. The molecular formula is C12H10N4. The van der Waals surface area contributed by atoms with Gasteiger partial charge in [-0.1, -0.05) is 12.1 Å². The third kappa shape index (κ3) is 1.40. The average molecular weight is 210 g/mol. The van der Waals surface area contributed by atoms with Gasteiger partial charge in [0, 0.05) is 23.3 Å². The highest BCUT2D eigenvalue weighted by Gasteiger charge is 2.01. The first kappa shape index (κ1) is 8.91. The van der Waals surface area contributed by atoms with Crippen molar-refractivity contribution in [2.75, 3.05) is 5.73 Å². The lowest BCUT2D eigenvalue weighted by Crippen LogP contribution is -1.87. The van der Waals surface area contributed by atoms with Crippen LogP contribution in [0.4, 0.5) is 5.69 Å². The van der Waals surface area contributed by atoms with Crippen LogP contribution in [0.3, 0.4) is 0 Å². The molecule has 0 fully saturated rings. The molecule has 0 amide bonds. The molecule has 0 aliphatic rings. The van der Waals surface area contributed by atoms with Crippen molar-refractivity contribution in [1.29, 1.82) is 0 Å². The summed E-state index contributed by atoms with van der Waals surface area (Å²) < 4.78 is 0. The van der Waals surface area contributed by atoms with Crippen LogP contribution in [-0.2, 0) is 0 Å². The number of nitrogen functional groups attached to an aromatic ring is 1. The Hall–Kier alpha value is -2.36. The Bertz CT molecular complexity index is 642. The van der Waals surface area contributed by atoms with Crippen molar-refractivity contribution < 1.29 is 0 Å². The predicted octanol–water partition coefficient (Wildman–Crippen LogP) is 2.21. The number of aromatic nitrogens is 3. The molecule has 2 heterocycles. The zero-order valence-electron chi connectivity index (χ0n) is 8.51. The zero-order valence-corrected chi connectivity index (χ0v) is 8.51. The van der Waals surface area contributed by atoms with Crippen LogP contribution in [0.5, 0.6) is 0 Å². The first-order valence-electron chi connectivity index (χ1n) is 4.97. The van der Waals surface area contributed by atoms with E-state index in [0.29, 0.717) is 5.69 Å². The summed E-state index contributed by atoms with van der Waals surface area (Å²) in [6.45, 7) is 0. The largest absolute Gasteiger partial charge is 0.397 e. The van der Waals surface area contributed by atoms with Gasteiger partial charge in [-0.25, -0.2) is 0 Å². The second-order valence-corrected chi connectivity index (χ2v) is 3.68. The highest BCUT2D eigenvalue weighted by Crippen LogP contribution is 2.23. The van der Waals surface area contributed by atoms with Gasteiger partial charge in [0.2, 0.25) is 0 Å². The third-order valence-electron chi connectivity index (χ3n) is 2.53. The van der Waals surface area contributed by atoms with Crippen molar-refractivity contribution in [1.82, 2.24) is 15.2 Å². The summed E-state index contributed by atoms with van der Waals surface area (Å²) in [6.07, 6.45) is 5.24. The van der Waals surface area contributed by atoms with E-state index in [-0.39, 0.29) is 0 Å². The SMILES string of the molecule is Nc1cncc(-c2ccc3cn[nH]c3c2)c1. The standard InChI is InChI=1S/C12H10N4/c13-11-3-10(5-14-7-11)8-1-2-9-6-15-16-12(9)4-8/h1-7H,13H2,(H,15,16). The Morgan fingerprint density at radius 1 is 1.00 bits per heavy atom. The van der Waals surface area contributed by atoms with Crippen molar-refractivity contribution in [3.63, 3.8) is 0 Å². The van der Waals surface area contributed by atoms with E-state index in [1.165, 1.54) is 0 Å². The normalized spacial score (nSPS) is 10.8. The van der Waals surface area contributed by atoms with Crippen molar-refractivity contribution in [2.24, 2.45) is 0 Å². The molecule has 3 aromatic rings. The highest BCUT2D eigenvalue weighted by molar-refractivity contribution is 5.83. The summed E-state index contributed by atoms with van der Waals surface area (Å²) in [6, 6.07) is 8.01. The van der Waals surface area contributed by atoms with Gasteiger partial charge < -0.3 is 5.73 Å². The summed E-state index contributed by atoms with van der Waals surface area (Å²) in [5.41, 5.74) is 9.48. The maximum Gasteiger partial charge on any atom is 0.0656 e. The van der Waals surface area contributed by atoms with Crippen LogP contribution in [0.1, 0.15) is 0 Å². The Labute approximate surface area is 92.1 Å². The molecule has 4 nitrogen and oxygen atoms in total. The smallest absolute Gasteiger partial charge is 0.0656 e. The second kappa shape index (κ2) is 3.34. The Morgan fingerprint density at radius 2 is 1.94 bits per heavy atom. The molecular weight excluding hydrogens is 200 g/mol. The number of pyridine rings is 1. The van der Waals surface area contributed by atoms with E-state index in [1.54, 1.807) is 18.6 Å². The molecule has 4 heteroatoms. The summed E-state index contributed by atoms with van der Waals surface area (Å²) in [5, 5.41) is 8.03. The van der Waals surface area contributed by atoms with Gasteiger partial charge in [-0.05, 0) is 17.7 Å². The quantitative estimate of drug-likeness (QED) is 0.647.